The molecule has 1 aromatic heterocycles. The van der Waals surface area contributed by atoms with E-state index in [1.54, 1.807) is 39.0 Å². The predicted molar refractivity (Wildman–Crippen MR) is 112 cm³/mol. The first-order chi connectivity index (χ1) is 13.7. The van der Waals surface area contributed by atoms with E-state index >= 15 is 0 Å². The predicted octanol–water partition coefficient (Wildman–Crippen LogP) is 2.68. The number of sulfonamides is 1. The molecule has 158 valence electrons. The topological polar surface area (TPSA) is 109 Å². The van der Waals surface area contributed by atoms with E-state index in [2.05, 4.69) is 26.6 Å². The van der Waals surface area contributed by atoms with Crippen LogP contribution < -0.4 is 10.6 Å². The Hall–Kier alpha value is -2.17. The lowest BCUT2D eigenvalue weighted by molar-refractivity contribution is -0.120. The van der Waals surface area contributed by atoms with Gasteiger partial charge in [0.1, 0.15) is 0 Å². The van der Waals surface area contributed by atoms with Gasteiger partial charge in [-0.3, -0.25) is 9.59 Å². The van der Waals surface area contributed by atoms with Crippen LogP contribution in [0.2, 0.25) is 0 Å². The minimum Gasteiger partial charge on any atom is -0.444 e. The monoisotopic (exact) mass is 485 g/mol. The largest absolute Gasteiger partial charge is 0.444 e. The first kappa shape index (κ1) is 23.1. The van der Waals surface area contributed by atoms with Crippen molar-refractivity contribution in [1.29, 1.82) is 0 Å². The van der Waals surface area contributed by atoms with E-state index < -0.39 is 15.9 Å². The average Bonchev–Trinajstić information content (AvgIpc) is 3.13. The fraction of sp³-hybridized carbons (Fsp3) is 0.368. The summed E-state index contributed by atoms with van der Waals surface area (Å²) in [7, 11) is -3.52. The summed E-state index contributed by atoms with van der Waals surface area (Å²) in [6.07, 6.45) is 0. The molecule has 1 heterocycles. The summed E-state index contributed by atoms with van der Waals surface area (Å²) in [5, 5.41) is 5.23. The van der Waals surface area contributed by atoms with Gasteiger partial charge >= 0.3 is 0 Å². The Morgan fingerprint density at radius 1 is 1.10 bits per heavy atom. The van der Waals surface area contributed by atoms with Crippen molar-refractivity contribution in [2.45, 2.75) is 31.7 Å². The van der Waals surface area contributed by atoms with Gasteiger partial charge in [-0.05, 0) is 52.7 Å². The van der Waals surface area contributed by atoms with Crippen molar-refractivity contribution in [3.8, 4) is 0 Å². The second kappa shape index (κ2) is 10.0. The fourth-order valence-electron chi connectivity index (χ4n) is 2.70. The molecule has 1 unspecified atom stereocenters. The Kier molecular flexibility index (Phi) is 8.00. The minimum atomic E-state index is -3.52. The number of carbonyl (C=O) groups is 2. The molecule has 2 amide bonds. The van der Waals surface area contributed by atoms with E-state index in [9.17, 15) is 18.0 Å². The number of carbonyl (C=O) groups excluding carboxylic acids is 2. The number of benzene rings is 1. The smallest absolute Gasteiger partial charge is 0.287 e. The molecule has 2 rings (SSSR count). The Labute approximate surface area is 178 Å². The summed E-state index contributed by atoms with van der Waals surface area (Å²) in [5.74, 6) is -0.775. The van der Waals surface area contributed by atoms with Crippen LogP contribution in [0.5, 0.6) is 0 Å². The molecular formula is C19H24BrN3O5S. The van der Waals surface area contributed by atoms with Crippen LogP contribution in [0.3, 0.4) is 0 Å². The Morgan fingerprint density at radius 2 is 1.72 bits per heavy atom. The first-order valence-electron chi connectivity index (χ1n) is 9.12. The van der Waals surface area contributed by atoms with E-state index in [-0.39, 0.29) is 29.1 Å². The third-order valence-electron chi connectivity index (χ3n) is 4.31. The molecule has 0 radical (unpaired) electrons. The number of halogens is 1. The van der Waals surface area contributed by atoms with Crippen molar-refractivity contribution < 1.29 is 22.4 Å². The second-order valence-corrected chi connectivity index (χ2v) is 8.95. The standard InChI is InChI=1S/C19H24BrN3O5S/c1-4-23(5-2)29(26,27)15-8-6-14(7-9-15)13(3)22-18(24)12-21-19(25)16-10-11-17(20)28-16/h6-11,13H,4-5,12H2,1-3H3,(H,21,25)(H,22,24). The highest BCUT2D eigenvalue weighted by Crippen LogP contribution is 2.19. The number of hydrogen-bond acceptors (Lipinski definition) is 5. The Morgan fingerprint density at radius 3 is 2.24 bits per heavy atom. The molecule has 0 aliphatic heterocycles. The number of rotatable bonds is 9. The summed E-state index contributed by atoms with van der Waals surface area (Å²) in [5.41, 5.74) is 0.748. The molecule has 0 saturated heterocycles. The molecule has 0 aliphatic carbocycles. The third-order valence-corrected chi connectivity index (χ3v) is 6.80. The summed E-state index contributed by atoms with van der Waals surface area (Å²) in [4.78, 5) is 24.2. The lowest BCUT2D eigenvalue weighted by Crippen LogP contribution is -2.37. The SMILES string of the molecule is CCN(CC)S(=O)(=O)c1ccc(C(C)NC(=O)CNC(=O)c2ccc(Br)o2)cc1. The van der Waals surface area contributed by atoms with Gasteiger partial charge in [0.2, 0.25) is 15.9 Å². The van der Waals surface area contributed by atoms with Crippen LogP contribution in [0.25, 0.3) is 0 Å². The lowest BCUT2D eigenvalue weighted by atomic mass is 10.1. The molecule has 0 bridgehead atoms. The van der Waals surface area contributed by atoms with Gasteiger partial charge in [0.25, 0.3) is 5.91 Å². The van der Waals surface area contributed by atoms with Crippen molar-refractivity contribution in [1.82, 2.24) is 14.9 Å². The maximum absolute atomic E-state index is 12.5. The number of furan rings is 1. The van der Waals surface area contributed by atoms with Crippen molar-refractivity contribution >= 4 is 37.8 Å². The van der Waals surface area contributed by atoms with E-state index in [1.165, 1.54) is 22.5 Å². The van der Waals surface area contributed by atoms with Crippen molar-refractivity contribution in [3.05, 3.63) is 52.4 Å². The van der Waals surface area contributed by atoms with E-state index in [0.717, 1.165) is 5.56 Å². The van der Waals surface area contributed by atoms with Gasteiger partial charge < -0.3 is 15.1 Å². The van der Waals surface area contributed by atoms with Gasteiger partial charge in [0.05, 0.1) is 17.5 Å². The first-order valence-corrected chi connectivity index (χ1v) is 11.3. The molecule has 8 nitrogen and oxygen atoms in total. The van der Waals surface area contributed by atoms with Crippen molar-refractivity contribution in [2.75, 3.05) is 19.6 Å². The summed E-state index contributed by atoms with van der Waals surface area (Å²) >= 11 is 3.11. The van der Waals surface area contributed by atoms with Gasteiger partial charge in [0, 0.05) is 13.1 Å². The lowest BCUT2D eigenvalue weighted by Gasteiger charge is -2.19. The van der Waals surface area contributed by atoms with Crippen molar-refractivity contribution in [2.24, 2.45) is 0 Å². The number of hydrogen-bond donors (Lipinski definition) is 2. The van der Waals surface area contributed by atoms with Crippen LogP contribution in [-0.2, 0) is 14.8 Å². The maximum atomic E-state index is 12.5. The zero-order valence-electron chi connectivity index (χ0n) is 16.4. The molecule has 2 aromatic rings. The molecule has 0 fully saturated rings. The van der Waals surface area contributed by atoms with Crippen LogP contribution in [0.15, 0.2) is 50.4 Å². The molecule has 0 spiro atoms. The van der Waals surface area contributed by atoms with Gasteiger partial charge in [0.15, 0.2) is 10.4 Å². The Bertz CT molecular complexity index is 952. The van der Waals surface area contributed by atoms with Gasteiger partial charge in [-0.2, -0.15) is 4.31 Å². The quantitative estimate of drug-likeness (QED) is 0.567. The highest BCUT2D eigenvalue weighted by atomic mass is 79.9. The molecule has 1 atom stereocenters. The maximum Gasteiger partial charge on any atom is 0.287 e. The zero-order chi connectivity index (χ0) is 21.6. The minimum absolute atomic E-state index is 0.0997. The fourth-order valence-corrected chi connectivity index (χ4v) is 4.47. The van der Waals surface area contributed by atoms with Gasteiger partial charge in [-0.15, -0.1) is 0 Å². The van der Waals surface area contributed by atoms with E-state index in [4.69, 9.17) is 4.42 Å². The molecule has 10 heteroatoms. The zero-order valence-corrected chi connectivity index (χ0v) is 18.8. The molecule has 0 saturated carbocycles. The van der Waals surface area contributed by atoms with E-state index in [0.29, 0.717) is 17.8 Å². The highest BCUT2D eigenvalue weighted by molar-refractivity contribution is 9.10. The third kappa shape index (κ3) is 5.91. The Balaban J connectivity index is 1.94. The number of nitrogens with zero attached hydrogens (tertiary/aromatic N) is 1. The molecular weight excluding hydrogens is 462 g/mol. The summed E-state index contributed by atoms with van der Waals surface area (Å²) in [6.45, 7) is 5.93. The van der Waals surface area contributed by atoms with Crippen LogP contribution in [0.1, 0.15) is 42.9 Å². The molecule has 29 heavy (non-hydrogen) atoms. The highest BCUT2D eigenvalue weighted by Gasteiger charge is 2.21. The number of nitrogens with one attached hydrogen (secondary N) is 2. The van der Waals surface area contributed by atoms with Gasteiger partial charge in [-0.1, -0.05) is 26.0 Å². The molecule has 0 aliphatic rings. The molecule has 1 aromatic carbocycles. The average molecular weight is 486 g/mol. The van der Waals surface area contributed by atoms with Crippen LogP contribution >= 0.6 is 15.9 Å². The van der Waals surface area contributed by atoms with Gasteiger partial charge in [-0.25, -0.2) is 8.42 Å². The van der Waals surface area contributed by atoms with Crippen LogP contribution in [0, 0.1) is 0 Å². The summed E-state index contributed by atoms with van der Waals surface area (Å²) < 4.78 is 32.0. The second-order valence-electron chi connectivity index (χ2n) is 6.23. The normalized spacial score (nSPS) is 12.6. The van der Waals surface area contributed by atoms with Crippen LogP contribution in [0.4, 0.5) is 0 Å². The summed E-state index contributed by atoms with van der Waals surface area (Å²) in [6, 6.07) is 9.11. The van der Waals surface area contributed by atoms with Crippen molar-refractivity contribution in [3.63, 3.8) is 0 Å². The number of amides is 2. The van der Waals surface area contributed by atoms with Crippen LogP contribution in [-0.4, -0.2) is 44.2 Å². The molecule has 2 N–H and O–H groups in total. The van der Waals surface area contributed by atoms with E-state index in [1.807, 2.05) is 0 Å².